The number of nitrogens with one attached hydrogen (secondary N) is 1. The van der Waals surface area contributed by atoms with Crippen LogP contribution in [0.4, 0.5) is 17.6 Å². The van der Waals surface area contributed by atoms with Gasteiger partial charge in [-0.25, -0.2) is 4.39 Å². The monoisotopic (exact) mass is 302 g/mol. The van der Waals surface area contributed by atoms with Gasteiger partial charge in [0, 0.05) is 6.20 Å². The average Bonchev–Trinajstić information content (AvgIpc) is 2.41. The third kappa shape index (κ3) is 3.10. The Morgan fingerprint density at radius 3 is 2.25 bits per heavy atom. The van der Waals surface area contributed by atoms with Gasteiger partial charge in [0.2, 0.25) is 0 Å². The van der Waals surface area contributed by atoms with Crippen molar-refractivity contribution < 1.29 is 17.6 Å². The minimum atomic E-state index is -4.40. The molecule has 0 spiro atoms. The minimum Gasteiger partial charge on any atom is -0.256 e. The summed E-state index contributed by atoms with van der Waals surface area (Å²) in [7, 11) is 0. The van der Waals surface area contributed by atoms with Gasteiger partial charge in [0.25, 0.3) is 0 Å². The molecule has 0 fully saturated rings. The number of rotatable bonds is 3. The number of hydrogen-bond acceptors (Lipinski definition) is 3. The molecular formula is C13H10F4N2S. The van der Waals surface area contributed by atoms with E-state index in [0.717, 1.165) is 12.1 Å². The molecule has 0 saturated carbocycles. The highest BCUT2D eigenvalue weighted by atomic mass is 32.1. The largest absolute Gasteiger partial charge is 0.416 e. The summed E-state index contributed by atoms with van der Waals surface area (Å²) in [4.78, 5) is 3.89. The minimum absolute atomic E-state index is 0.0715. The highest BCUT2D eigenvalue weighted by Gasteiger charge is 2.30. The Morgan fingerprint density at radius 1 is 1.10 bits per heavy atom. The van der Waals surface area contributed by atoms with E-state index in [0.29, 0.717) is 5.56 Å². The molecule has 1 heterocycles. The zero-order valence-corrected chi connectivity index (χ0v) is 10.9. The van der Waals surface area contributed by atoms with Gasteiger partial charge in [0.05, 0.1) is 17.3 Å². The third-order valence-electron chi connectivity index (χ3n) is 2.76. The van der Waals surface area contributed by atoms with Gasteiger partial charge in [0.15, 0.2) is 0 Å². The summed E-state index contributed by atoms with van der Waals surface area (Å²) in [5, 5.41) is 0. The molecular weight excluding hydrogens is 292 g/mol. The molecule has 1 N–H and O–H groups in total. The molecule has 0 aliphatic rings. The Morgan fingerprint density at radius 2 is 1.75 bits per heavy atom. The van der Waals surface area contributed by atoms with E-state index in [4.69, 9.17) is 0 Å². The zero-order chi connectivity index (χ0) is 14.8. The molecule has 1 aromatic heterocycles. The predicted molar refractivity (Wildman–Crippen MR) is 69.6 cm³/mol. The van der Waals surface area contributed by atoms with Crippen molar-refractivity contribution in [3.8, 4) is 0 Å². The summed E-state index contributed by atoms with van der Waals surface area (Å²) in [6, 6.07) is 6.34. The Bertz CT molecular complexity index is 584. The number of thiol groups is 1. The summed E-state index contributed by atoms with van der Waals surface area (Å²) in [6.07, 6.45) is -3.00. The molecule has 20 heavy (non-hydrogen) atoms. The summed E-state index contributed by atoms with van der Waals surface area (Å²) >= 11 is 3.89. The maximum atomic E-state index is 13.7. The van der Waals surface area contributed by atoms with Crippen LogP contribution >= 0.6 is 12.8 Å². The van der Waals surface area contributed by atoms with E-state index in [-0.39, 0.29) is 5.69 Å². The summed E-state index contributed by atoms with van der Waals surface area (Å²) in [5.41, 5.74) is -0.256. The van der Waals surface area contributed by atoms with Crippen LogP contribution in [0.2, 0.25) is 0 Å². The van der Waals surface area contributed by atoms with Crippen molar-refractivity contribution in [3.63, 3.8) is 0 Å². The smallest absolute Gasteiger partial charge is 0.256 e. The Kier molecular flexibility index (Phi) is 4.29. The van der Waals surface area contributed by atoms with E-state index < -0.39 is 23.6 Å². The van der Waals surface area contributed by atoms with Gasteiger partial charge < -0.3 is 0 Å². The van der Waals surface area contributed by atoms with E-state index in [1.165, 1.54) is 30.5 Å². The molecule has 1 unspecified atom stereocenters. The van der Waals surface area contributed by atoms with Crippen LogP contribution in [-0.4, -0.2) is 4.98 Å². The molecule has 2 rings (SSSR count). The van der Waals surface area contributed by atoms with Crippen molar-refractivity contribution >= 4 is 12.8 Å². The quantitative estimate of drug-likeness (QED) is 0.666. The molecule has 2 nitrogen and oxygen atoms in total. The van der Waals surface area contributed by atoms with Crippen LogP contribution in [-0.2, 0) is 6.18 Å². The molecule has 0 amide bonds. The normalized spacial score (nSPS) is 13.2. The number of alkyl halides is 3. The fourth-order valence-corrected chi connectivity index (χ4v) is 2.04. The van der Waals surface area contributed by atoms with Crippen LogP contribution in [0, 0.1) is 5.82 Å². The second-order valence-corrected chi connectivity index (χ2v) is 4.31. The second kappa shape index (κ2) is 5.80. The van der Waals surface area contributed by atoms with E-state index >= 15 is 0 Å². The maximum Gasteiger partial charge on any atom is 0.416 e. The van der Waals surface area contributed by atoms with Crippen molar-refractivity contribution in [1.82, 2.24) is 9.71 Å². The SMILES string of the molecule is Fc1cccnc1C(NS)c1ccc(C(F)(F)F)cc1. The highest BCUT2D eigenvalue weighted by molar-refractivity contribution is 7.78. The molecule has 0 aliphatic carbocycles. The van der Waals surface area contributed by atoms with Gasteiger partial charge in [0.1, 0.15) is 5.82 Å². The van der Waals surface area contributed by atoms with Crippen LogP contribution < -0.4 is 4.72 Å². The topological polar surface area (TPSA) is 24.9 Å². The lowest BCUT2D eigenvalue weighted by Crippen LogP contribution is -2.16. The first-order valence-electron chi connectivity index (χ1n) is 5.60. The summed E-state index contributed by atoms with van der Waals surface area (Å²) < 4.78 is 53.7. The number of benzene rings is 1. The zero-order valence-electron chi connectivity index (χ0n) is 10.0. The first-order chi connectivity index (χ1) is 9.43. The molecule has 0 aliphatic heterocycles. The van der Waals surface area contributed by atoms with Crippen LogP contribution in [0.25, 0.3) is 0 Å². The summed E-state index contributed by atoms with van der Waals surface area (Å²) in [6.45, 7) is 0. The van der Waals surface area contributed by atoms with Gasteiger partial charge in [-0.2, -0.15) is 13.2 Å². The summed E-state index contributed by atoms with van der Waals surface area (Å²) in [5.74, 6) is -0.557. The standard InChI is InChI=1S/C13H10F4N2S/c14-10-2-1-7-18-12(10)11(19-20)8-3-5-9(6-4-8)13(15,16)17/h1-7,11,19-20H. The van der Waals surface area contributed by atoms with E-state index in [2.05, 4.69) is 22.5 Å². The van der Waals surface area contributed by atoms with Crippen LogP contribution in [0.5, 0.6) is 0 Å². The number of halogens is 4. The lowest BCUT2D eigenvalue weighted by atomic mass is 10.0. The molecule has 7 heteroatoms. The first kappa shape index (κ1) is 14.8. The van der Waals surface area contributed by atoms with Crippen LogP contribution in [0.15, 0.2) is 42.6 Å². The Labute approximate surface area is 118 Å². The molecule has 106 valence electrons. The number of nitrogens with zero attached hydrogens (tertiary/aromatic N) is 1. The van der Waals surface area contributed by atoms with Crippen molar-refractivity contribution in [1.29, 1.82) is 0 Å². The van der Waals surface area contributed by atoms with Gasteiger partial charge in [-0.3, -0.25) is 9.71 Å². The predicted octanol–water partition coefficient (Wildman–Crippen LogP) is 3.76. The molecule has 0 saturated heterocycles. The van der Waals surface area contributed by atoms with Gasteiger partial charge in [-0.15, -0.1) is 0 Å². The van der Waals surface area contributed by atoms with Gasteiger partial charge in [-0.05, 0) is 29.8 Å². The molecule has 1 atom stereocenters. The van der Waals surface area contributed by atoms with Crippen molar-refractivity contribution in [2.24, 2.45) is 0 Å². The Hall–Kier alpha value is -1.60. The van der Waals surface area contributed by atoms with Crippen molar-refractivity contribution in [3.05, 3.63) is 65.2 Å². The van der Waals surface area contributed by atoms with Crippen LogP contribution in [0.3, 0.4) is 0 Å². The molecule has 0 radical (unpaired) electrons. The first-order valence-corrected chi connectivity index (χ1v) is 6.05. The number of pyridine rings is 1. The van der Waals surface area contributed by atoms with Crippen LogP contribution in [0.1, 0.15) is 22.9 Å². The lowest BCUT2D eigenvalue weighted by Gasteiger charge is -2.16. The molecule has 2 aromatic rings. The number of aromatic nitrogens is 1. The van der Waals surface area contributed by atoms with Crippen molar-refractivity contribution in [2.75, 3.05) is 0 Å². The van der Waals surface area contributed by atoms with E-state index in [1.807, 2.05) is 0 Å². The molecule has 1 aromatic carbocycles. The maximum absolute atomic E-state index is 13.7. The number of hydrogen-bond donors (Lipinski definition) is 2. The fourth-order valence-electron chi connectivity index (χ4n) is 1.77. The Balaban J connectivity index is 2.36. The lowest BCUT2D eigenvalue weighted by molar-refractivity contribution is -0.137. The van der Waals surface area contributed by atoms with Gasteiger partial charge in [-0.1, -0.05) is 24.9 Å². The fraction of sp³-hybridized carbons (Fsp3) is 0.154. The second-order valence-electron chi connectivity index (χ2n) is 4.05. The average molecular weight is 302 g/mol. The molecule has 0 bridgehead atoms. The van der Waals surface area contributed by atoms with Crippen molar-refractivity contribution in [2.45, 2.75) is 12.2 Å². The highest BCUT2D eigenvalue weighted by Crippen LogP contribution is 2.31. The van der Waals surface area contributed by atoms with Gasteiger partial charge >= 0.3 is 6.18 Å². The van der Waals surface area contributed by atoms with E-state index in [9.17, 15) is 17.6 Å². The third-order valence-corrected chi connectivity index (χ3v) is 3.02. The van der Waals surface area contributed by atoms with E-state index in [1.54, 1.807) is 0 Å².